The Labute approximate surface area is 182 Å². The average molecular weight is 470 g/mol. The molecule has 2 aliphatic rings. The van der Waals surface area contributed by atoms with Gasteiger partial charge in [0.25, 0.3) is 5.56 Å². The number of benzene rings is 1. The minimum atomic E-state index is -5.00. The molecule has 32 heavy (non-hydrogen) atoms. The number of hydrogen-bond acceptors (Lipinski definition) is 5. The van der Waals surface area contributed by atoms with Crippen LogP contribution in [0, 0.1) is 0 Å². The number of rotatable bonds is 5. The molecule has 0 unspecified atom stereocenters. The Kier molecular flexibility index (Phi) is 5.84. The SMILES string of the molecule is O=C(N1CCc2cc(S(=O)(=O)NCCn3nc4c(cc3=O)CCCC4)ccc21)C(F)(F)F. The lowest BCUT2D eigenvalue weighted by Crippen LogP contribution is -2.40. The highest BCUT2D eigenvalue weighted by atomic mass is 32.2. The van der Waals surface area contributed by atoms with E-state index in [1.54, 1.807) is 6.07 Å². The van der Waals surface area contributed by atoms with E-state index in [-0.39, 0.29) is 42.2 Å². The average Bonchev–Trinajstić information content (AvgIpc) is 3.16. The van der Waals surface area contributed by atoms with Gasteiger partial charge in [0.2, 0.25) is 10.0 Å². The van der Waals surface area contributed by atoms with Gasteiger partial charge in [-0.05, 0) is 61.4 Å². The van der Waals surface area contributed by atoms with Crippen LogP contribution in [0.25, 0.3) is 0 Å². The van der Waals surface area contributed by atoms with Crippen LogP contribution < -0.4 is 15.2 Å². The van der Waals surface area contributed by atoms with Crippen LogP contribution in [-0.2, 0) is 40.6 Å². The zero-order valence-corrected chi connectivity index (χ0v) is 17.8. The van der Waals surface area contributed by atoms with Gasteiger partial charge in [-0.3, -0.25) is 9.59 Å². The quantitative estimate of drug-likeness (QED) is 0.715. The summed E-state index contributed by atoms with van der Waals surface area (Å²) in [7, 11) is -3.97. The Bertz CT molecular complexity index is 1220. The molecule has 0 bridgehead atoms. The van der Waals surface area contributed by atoms with Crippen molar-refractivity contribution in [1.29, 1.82) is 0 Å². The van der Waals surface area contributed by atoms with Crippen LogP contribution in [0.4, 0.5) is 18.9 Å². The summed E-state index contributed by atoms with van der Waals surface area (Å²) >= 11 is 0. The first-order chi connectivity index (χ1) is 15.1. The third-order valence-corrected chi connectivity index (χ3v) is 7.09. The van der Waals surface area contributed by atoms with Gasteiger partial charge in [-0.1, -0.05) is 0 Å². The number of carbonyl (C=O) groups excluding carboxylic acids is 1. The van der Waals surface area contributed by atoms with Gasteiger partial charge in [-0.15, -0.1) is 0 Å². The van der Waals surface area contributed by atoms with E-state index in [1.807, 2.05) is 0 Å². The molecule has 2 aromatic rings. The number of alkyl halides is 3. The first-order valence-electron chi connectivity index (χ1n) is 10.2. The molecule has 2 heterocycles. The minimum absolute atomic E-state index is 0.0458. The van der Waals surface area contributed by atoms with E-state index in [4.69, 9.17) is 0 Å². The Morgan fingerprint density at radius 3 is 2.59 bits per heavy atom. The third kappa shape index (κ3) is 4.42. The summed E-state index contributed by atoms with van der Waals surface area (Å²) in [5, 5.41) is 4.34. The number of carbonyl (C=O) groups is 1. The fraction of sp³-hybridized carbons (Fsp3) is 0.450. The second-order valence-electron chi connectivity index (χ2n) is 7.78. The lowest BCUT2D eigenvalue weighted by Gasteiger charge is -2.19. The normalized spacial score (nSPS) is 16.0. The monoisotopic (exact) mass is 470 g/mol. The van der Waals surface area contributed by atoms with E-state index < -0.39 is 22.1 Å². The van der Waals surface area contributed by atoms with Crippen LogP contribution in [-0.4, -0.2) is 43.4 Å². The predicted octanol–water partition coefficient (Wildman–Crippen LogP) is 1.55. The van der Waals surface area contributed by atoms with Gasteiger partial charge in [0, 0.05) is 24.8 Å². The molecule has 4 rings (SSSR count). The first-order valence-corrected chi connectivity index (χ1v) is 11.7. The lowest BCUT2D eigenvalue weighted by molar-refractivity contribution is -0.170. The summed E-state index contributed by atoms with van der Waals surface area (Å²) in [4.78, 5) is 24.2. The summed E-state index contributed by atoms with van der Waals surface area (Å²) in [6, 6.07) is 5.18. The molecule has 172 valence electrons. The largest absolute Gasteiger partial charge is 0.471 e. The van der Waals surface area contributed by atoms with Crippen LogP contribution in [0.1, 0.15) is 29.7 Å². The number of anilines is 1. The number of halogens is 3. The third-order valence-electron chi connectivity index (χ3n) is 5.63. The number of hydrogen-bond donors (Lipinski definition) is 1. The van der Waals surface area contributed by atoms with Gasteiger partial charge in [0.1, 0.15) is 0 Å². The van der Waals surface area contributed by atoms with Crippen molar-refractivity contribution in [2.75, 3.05) is 18.0 Å². The molecule has 0 saturated carbocycles. The Morgan fingerprint density at radius 2 is 1.84 bits per heavy atom. The van der Waals surface area contributed by atoms with Gasteiger partial charge in [-0.25, -0.2) is 17.8 Å². The summed E-state index contributed by atoms with van der Waals surface area (Å²) in [5.41, 5.74) is 1.90. The van der Waals surface area contributed by atoms with E-state index in [2.05, 4.69) is 9.82 Å². The van der Waals surface area contributed by atoms with Crippen molar-refractivity contribution >= 4 is 21.6 Å². The number of sulfonamides is 1. The molecule has 0 saturated heterocycles. The number of aryl methyl sites for hydroxylation is 2. The van der Waals surface area contributed by atoms with Crippen molar-refractivity contribution in [2.24, 2.45) is 0 Å². The summed E-state index contributed by atoms with van der Waals surface area (Å²) in [5.74, 6) is -1.98. The molecule has 1 amide bonds. The maximum atomic E-state index is 12.7. The van der Waals surface area contributed by atoms with Crippen molar-refractivity contribution < 1.29 is 26.4 Å². The molecule has 12 heteroatoms. The smallest absolute Gasteiger partial charge is 0.304 e. The molecule has 8 nitrogen and oxygen atoms in total. The molecule has 0 spiro atoms. The highest BCUT2D eigenvalue weighted by Crippen LogP contribution is 2.33. The van der Waals surface area contributed by atoms with Crippen LogP contribution in [0.2, 0.25) is 0 Å². The fourth-order valence-electron chi connectivity index (χ4n) is 4.04. The van der Waals surface area contributed by atoms with Gasteiger partial charge >= 0.3 is 12.1 Å². The zero-order valence-electron chi connectivity index (χ0n) is 17.0. The van der Waals surface area contributed by atoms with Crippen molar-refractivity contribution in [2.45, 2.75) is 49.7 Å². The molecule has 1 aliphatic heterocycles. The molecule has 1 N–H and O–H groups in total. The topological polar surface area (TPSA) is 101 Å². The van der Waals surface area contributed by atoms with Crippen LogP contribution in [0.15, 0.2) is 34.0 Å². The van der Waals surface area contributed by atoms with Crippen molar-refractivity contribution in [1.82, 2.24) is 14.5 Å². The van der Waals surface area contributed by atoms with Crippen molar-refractivity contribution in [3.63, 3.8) is 0 Å². The standard InChI is InChI=1S/C20H21F3N4O4S/c21-20(22,23)19(29)26-9-7-14-11-15(5-6-17(14)26)32(30,31)24-8-10-27-18(28)12-13-3-1-2-4-16(13)25-27/h5-6,11-12,24H,1-4,7-10H2. The van der Waals surface area contributed by atoms with Crippen LogP contribution in [0.5, 0.6) is 0 Å². The van der Waals surface area contributed by atoms with Gasteiger partial charge < -0.3 is 4.90 Å². The van der Waals surface area contributed by atoms with E-state index in [0.29, 0.717) is 10.5 Å². The number of amides is 1. The highest BCUT2D eigenvalue weighted by Gasteiger charge is 2.44. The number of nitrogens with zero attached hydrogens (tertiary/aromatic N) is 3. The molecule has 1 aliphatic carbocycles. The molecule has 0 radical (unpaired) electrons. The second kappa shape index (κ2) is 8.32. The van der Waals surface area contributed by atoms with E-state index in [1.165, 1.54) is 16.8 Å². The number of nitrogens with one attached hydrogen (secondary N) is 1. The molecule has 1 aromatic heterocycles. The summed E-state index contributed by atoms with van der Waals surface area (Å²) < 4.78 is 67.1. The van der Waals surface area contributed by atoms with Gasteiger partial charge in [-0.2, -0.15) is 18.3 Å². The van der Waals surface area contributed by atoms with Gasteiger partial charge in [0.05, 0.1) is 17.1 Å². The van der Waals surface area contributed by atoms with Crippen molar-refractivity contribution in [3.05, 3.63) is 51.4 Å². The first kappa shape index (κ1) is 22.5. The predicted molar refractivity (Wildman–Crippen MR) is 109 cm³/mol. The number of aromatic nitrogens is 2. The Morgan fingerprint density at radius 1 is 1.09 bits per heavy atom. The Balaban J connectivity index is 1.45. The molecular weight excluding hydrogens is 449 g/mol. The zero-order chi connectivity index (χ0) is 23.1. The van der Waals surface area contributed by atoms with Crippen LogP contribution in [0.3, 0.4) is 0 Å². The van der Waals surface area contributed by atoms with Gasteiger partial charge in [0.15, 0.2) is 0 Å². The number of fused-ring (bicyclic) bond motifs is 2. The van der Waals surface area contributed by atoms with E-state index >= 15 is 0 Å². The lowest BCUT2D eigenvalue weighted by atomic mass is 9.97. The minimum Gasteiger partial charge on any atom is -0.304 e. The van der Waals surface area contributed by atoms with Crippen molar-refractivity contribution in [3.8, 4) is 0 Å². The van der Waals surface area contributed by atoms with E-state index in [0.717, 1.165) is 43.0 Å². The maximum absolute atomic E-state index is 12.7. The molecule has 0 atom stereocenters. The van der Waals surface area contributed by atoms with Crippen LogP contribution >= 0.6 is 0 Å². The maximum Gasteiger partial charge on any atom is 0.471 e. The Hall–Kier alpha value is -2.73. The summed E-state index contributed by atoms with van der Waals surface area (Å²) in [6.45, 7) is -0.203. The fourth-order valence-corrected chi connectivity index (χ4v) is 5.11. The summed E-state index contributed by atoms with van der Waals surface area (Å²) in [6.07, 6.45) is -1.28. The second-order valence-corrected chi connectivity index (χ2v) is 9.54. The van der Waals surface area contributed by atoms with E-state index in [9.17, 15) is 31.2 Å². The molecule has 1 aromatic carbocycles. The molecule has 0 fully saturated rings. The highest BCUT2D eigenvalue weighted by molar-refractivity contribution is 7.89. The molecular formula is C20H21F3N4O4S.